The third-order valence-electron chi connectivity index (χ3n) is 2.73. The zero-order valence-electron chi connectivity index (χ0n) is 8.92. The normalized spacial score (nSPS) is 22.1. The fourth-order valence-electron chi connectivity index (χ4n) is 1.69. The molecule has 78 valence electrons. The number of benzene rings is 1. The highest BCUT2D eigenvalue weighted by molar-refractivity contribution is 5.96. The lowest BCUT2D eigenvalue weighted by Crippen LogP contribution is -2.32. The minimum atomic E-state index is -0.226. The first kappa shape index (κ1) is 9.90. The summed E-state index contributed by atoms with van der Waals surface area (Å²) in [6, 6.07) is 9.81. The third kappa shape index (κ3) is 1.77. The molecule has 1 heterocycles. The van der Waals surface area contributed by atoms with E-state index in [2.05, 4.69) is 4.99 Å². The Bertz CT molecular complexity index is 386. The van der Waals surface area contributed by atoms with Crippen molar-refractivity contribution in [3.63, 3.8) is 0 Å². The number of nitrogens with zero attached hydrogens (tertiary/aromatic N) is 2. The first-order valence-corrected chi connectivity index (χ1v) is 5.10. The molecule has 0 N–H and O–H groups in total. The van der Waals surface area contributed by atoms with Gasteiger partial charge in [0.05, 0.1) is 12.4 Å². The number of carbonyl (C=O) groups excluding carboxylic acids is 1. The molecule has 1 aliphatic rings. The molecule has 0 saturated carbocycles. The maximum Gasteiger partial charge on any atom is 0.252 e. The van der Waals surface area contributed by atoms with E-state index in [0.717, 1.165) is 5.56 Å². The average molecular weight is 202 g/mol. The van der Waals surface area contributed by atoms with Gasteiger partial charge < -0.3 is 0 Å². The Morgan fingerprint density at radius 1 is 1.33 bits per heavy atom. The summed E-state index contributed by atoms with van der Waals surface area (Å²) in [4.78, 5) is 17.5. The standard InChI is InChI=1S/C12H14N2O/c1-9-12(15)14(8-13-9)10(2)11-6-4-3-5-7-11/h3-10H,1-2H3. The smallest absolute Gasteiger partial charge is 0.252 e. The fourth-order valence-corrected chi connectivity index (χ4v) is 1.69. The Kier molecular flexibility index (Phi) is 2.54. The first-order valence-electron chi connectivity index (χ1n) is 5.10. The van der Waals surface area contributed by atoms with Crippen LogP contribution < -0.4 is 0 Å². The number of hydrogen-bond donors (Lipinski definition) is 0. The predicted molar refractivity (Wildman–Crippen MR) is 59.7 cm³/mol. The van der Waals surface area contributed by atoms with Gasteiger partial charge in [-0.25, -0.2) is 0 Å². The second-order valence-electron chi connectivity index (χ2n) is 3.77. The minimum absolute atomic E-state index is 0.0624. The molecule has 2 unspecified atom stereocenters. The summed E-state index contributed by atoms with van der Waals surface area (Å²) in [6.07, 6.45) is 1.64. The molecule has 1 aromatic carbocycles. The maximum atomic E-state index is 11.7. The van der Waals surface area contributed by atoms with E-state index in [1.165, 1.54) is 0 Å². The highest BCUT2D eigenvalue weighted by atomic mass is 16.2. The lowest BCUT2D eigenvalue weighted by atomic mass is 10.1. The number of hydrogen-bond acceptors (Lipinski definition) is 2. The van der Waals surface area contributed by atoms with Crippen molar-refractivity contribution >= 4 is 12.2 Å². The van der Waals surface area contributed by atoms with E-state index < -0.39 is 0 Å². The van der Waals surface area contributed by atoms with E-state index in [0.29, 0.717) is 0 Å². The van der Waals surface area contributed by atoms with Crippen LogP contribution in [0.5, 0.6) is 0 Å². The first-order chi connectivity index (χ1) is 7.20. The van der Waals surface area contributed by atoms with Crippen molar-refractivity contribution in [1.82, 2.24) is 4.90 Å². The molecule has 0 spiro atoms. The van der Waals surface area contributed by atoms with Crippen molar-refractivity contribution in [1.29, 1.82) is 0 Å². The van der Waals surface area contributed by atoms with Crippen LogP contribution in [0.15, 0.2) is 35.3 Å². The molecule has 0 fully saturated rings. The third-order valence-corrected chi connectivity index (χ3v) is 2.73. The molecule has 3 heteroatoms. The van der Waals surface area contributed by atoms with Gasteiger partial charge in [0.15, 0.2) is 0 Å². The van der Waals surface area contributed by atoms with Crippen LogP contribution in [0.3, 0.4) is 0 Å². The van der Waals surface area contributed by atoms with Crippen LogP contribution in [0.4, 0.5) is 0 Å². The summed E-state index contributed by atoms with van der Waals surface area (Å²) in [5.41, 5.74) is 1.13. The largest absolute Gasteiger partial charge is 0.294 e. The fraction of sp³-hybridized carbons (Fsp3) is 0.333. The van der Waals surface area contributed by atoms with Gasteiger partial charge in [-0.1, -0.05) is 30.3 Å². The molecule has 2 atom stereocenters. The predicted octanol–water partition coefficient (Wildman–Crippen LogP) is 2.01. The van der Waals surface area contributed by atoms with Gasteiger partial charge in [0.2, 0.25) is 0 Å². The lowest BCUT2D eigenvalue weighted by molar-refractivity contribution is -0.128. The molecule has 3 nitrogen and oxygen atoms in total. The van der Waals surface area contributed by atoms with E-state index in [-0.39, 0.29) is 18.0 Å². The summed E-state index contributed by atoms with van der Waals surface area (Å²) in [7, 11) is 0. The van der Waals surface area contributed by atoms with Gasteiger partial charge in [0.25, 0.3) is 5.91 Å². The Morgan fingerprint density at radius 3 is 2.53 bits per heavy atom. The van der Waals surface area contributed by atoms with Crippen LogP contribution in [0, 0.1) is 0 Å². The van der Waals surface area contributed by atoms with Crippen molar-refractivity contribution in [2.24, 2.45) is 4.99 Å². The molecular formula is C12H14N2O. The van der Waals surface area contributed by atoms with Crippen molar-refractivity contribution in [3.8, 4) is 0 Å². The van der Waals surface area contributed by atoms with E-state index in [1.54, 1.807) is 11.2 Å². The van der Waals surface area contributed by atoms with Crippen LogP contribution in [0.1, 0.15) is 25.5 Å². The van der Waals surface area contributed by atoms with Gasteiger partial charge in [-0.3, -0.25) is 14.7 Å². The quantitative estimate of drug-likeness (QED) is 0.722. The number of amides is 1. The van der Waals surface area contributed by atoms with Crippen LogP contribution in [-0.2, 0) is 4.79 Å². The summed E-state index contributed by atoms with van der Waals surface area (Å²) in [5.74, 6) is 0.0753. The Morgan fingerprint density at radius 2 is 2.00 bits per heavy atom. The van der Waals surface area contributed by atoms with Gasteiger partial charge >= 0.3 is 0 Å². The Balaban J connectivity index is 2.20. The van der Waals surface area contributed by atoms with Crippen molar-refractivity contribution in [3.05, 3.63) is 35.9 Å². The topological polar surface area (TPSA) is 32.7 Å². The zero-order valence-corrected chi connectivity index (χ0v) is 8.92. The van der Waals surface area contributed by atoms with Crippen LogP contribution in [-0.4, -0.2) is 23.2 Å². The second kappa shape index (κ2) is 3.85. The minimum Gasteiger partial charge on any atom is -0.294 e. The molecular weight excluding hydrogens is 188 g/mol. The zero-order chi connectivity index (χ0) is 10.8. The van der Waals surface area contributed by atoms with Crippen LogP contribution >= 0.6 is 0 Å². The SMILES string of the molecule is CC1N=CN(C(C)c2ccccc2)C1=O. The number of aliphatic imine (C=N–C) groups is 1. The Hall–Kier alpha value is -1.64. The van der Waals surface area contributed by atoms with E-state index in [9.17, 15) is 4.79 Å². The van der Waals surface area contributed by atoms with Gasteiger partial charge in [-0.2, -0.15) is 0 Å². The van der Waals surface area contributed by atoms with E-state index in [4.69, 9.17) is 0 Å². The Labute approximate surface area is 89.4 Å². The molecule has 0 radical (unpaired) electrons. The monoisotopic (exact) mass is 202 g/mol. The van der Waals surface area contributed by atoms with E-state index >= 15 is 0 Å². The highest BCUT2D eigenvalue weighted by Gasteiger charge is 2.28. The lowest BCUT2D eigenvalue weighted by Gasteiger charge is -2.22. The van der Waals surface area contributed by atoms with Crippen molar-refractivity contribution < 1.29 is 4.79 Å². The van der Waals surface area contributed by atoms with Gasteiger partial charge in [0.1, 0.15) is 6.04 Å². The summed E-state index contributed by atoms with van der Waals surface area (Å²) in [5, 5.41) is 0. The number of rotatable bonds is 2. The van der Waals surface area contributed by atoms with Crippen LogP contribution in [0.2, 0.25) is 0 Å². The van der Waals surface area contributed by atoms with Crippen molar-refractivity contribution in [2.75, 3.05) is 0 Å². The molecule has 15 heavy (non-hydrogen) atoms. The molecule has 1 aromatic rings. The maximum absolute atomic E-state index is 11.7. The number of carbonyl (C=O) groups is 1. The highest BCUT2D eigenvalue weighted by Crippen LogP contribution is 2.22. The van der Waals surface area contributed by atoms with Gasteiger partial charge in [-0.15, -0.1) is 0 Å². The van der Waals surface area contributed by atoms with Crippen molar-refractivity contribution in [2.45, 2.75) is 25.9 Å². The average Bonchev–Trinajstić information content (AvgIpc) is 2.60. The van der Waals surface area contributed by atoms with Gasteiger partial charge in [-0.05, 0) is 19.4 Å². The molecule has 0 aromatic heterocycles. The summed E-state index contributed by atoms with van der Waals surface area (Å²) >= 11 is 0. The summed E-state index contributed by atoms with van der Waals surface area (Å²) in [6.45, 7) is 3.83. The molecule has 2 rings (SSSR count). The van der Waals surface area contributed by atoms with Gasteiger partial charge in [0, 0.05) is 0 Å². The van der Waals surface area contributed by atoms with E-state index in [1.807, 2.05) is 44.2 Å². The second-order valence-corrected chi connectivity index (χ2v) is 3.77. The molecule has 0 saturated heterocycles. The van der Waals surface area contributed by atoms with Crippen LogP contribution in [0.25, 0.3) is 0 Å². The molecule has 1 amide bonds. The summed E-state index contributed by atoms with van der Waals surface area (Å²) < 4.78 is 0. The molecule has 1 aliphatic heterocycles. The molecule has 0 bridgehead atoms. The molecule has 0 aliphatic carbocycles.